The van der Waals surface area contributed by atoms with Crippen LogP contribution in [0.25, 0.3) is 10.4 Å². The second-order valence-corrected chi connectivity index (χ2v) is 5.10. The van der Waals surface area contributed by atoms with Gasteiger partial charge in [-0.1, -0.05) is 16.7 Å². The van der Waals surface area contributed by atoms with Crippen molar-refractivity contribution in [1.29, 1.82) is 0 Å². The van der Waals surface area contributed by atoms with Crippen molar-refractivity contribution in [1.82, 2.24) is 0 Å². The minimum Gasteiger partial charge on any atom is -0.463 e. The molecule has 0 amide bonds. The second-order valence-electron chi connectivity index (χ2n) is 4.67. The van der Waals surface area contributed by atoms with Crippen LogP contribution in [0.1, 0.15) is 20.8 Å². The molecule has 1 fully saturated rings. The van der Waals surface area contributed by atoms with Crippen molar-refractivity contribution in [3.05, 3.63) is 10.4 Å². The van der Waals surface area contributed by atoms with E-state index in [9.17, 15) is 14.4 Å². The first kappa shape index (κ1) is 19.0. The van der Waals surface area contributed by atoms with Crippen LogP contribution in [0.4, 0.5) is 0 Å². The van der Waals surface area contributed by atoms with Crippen LogP contribution >= 0.6 is 11.6 Å². The van der Waals surface area contributed by atoms with E-state index in [1.807, 2.05) is 0 Å². The zero-order chi connectivity index (χ0) is 17.6. The summed E-state index contributed by atoms with van der Waals surface area (Å²) in [5.41, 5.74) is 7.46. The number of carbonyl (C=O) groups is 3. The molecule has 0 bridgehead atoms. The van der Waals surface area contributed by atoms with E-state index < -0.39 is 47.8 Å². The molecule has 1 heterocycles. The number of ether oxygens (including phenoxy) is 4. The highest BCUT2D eigenvalue weighted by atomic mass is 35.5. The lowest BCUT2D eigenvalue weighted by molar-refractivity contribution is -0.209. The molecule has 23 heavy (non-hydrogen) atoms. The van der Waals surface area contributed by atoms with Gasteiger partial charge >= 0.3 is 17.9 Å². The number of carbonyl (C=O) groups excluding carboxylic acids is 3. The van der Waals surface area contributed by atoms with Gasteiger partial charge in [0, 0.05) is 25.7 Å². The zero-order valence-corrected chi connectivity index (χ0v) is 13.4. The summed E-state index contributed by atoms with van der Waals surface area (Å²) in [4.78, 5) is 36.2. The lowest BCUT2D eigenvalue weighted by Crippen LogP contribution is -2.59. The van der Waals surface area contributed by atoms with Gasteiger partial charge in [-0.15, -0.1) is 0 Å². The third-order valence-electron chi connectivity index (χ3n) is 2.84. The summed E-state index contributed by atoms with van der Waals surface area (Å²) in [5.74, 6) is -1.96. The molecule has 0 aromatic rings. The minimum absolute atomic E-state index is 0.281. The highest BCUT2D eigenvalue weighted by Crippen LogP contribution is 2.30. The summed E-state index contributed by atoms with van der Waals surface area (Å²) in [6, 6.07) is -1.12. The number of azide groups is 1. The van der Waals surface area contributed by atoms with Crippen LogP contribution in [0.15, 0.2) is 5.11 Å². The molecule has 0 spiro atoms. The molecular weight excluding hydrogens is 334 g/mol. The summed E-state index contributed by atoms with van der Waals surface area (Å²) in [6.45, 7) is 3.19. The summed E-state index contributed by atoms with van der Waals surface area (Å²) in [5, 5.41) is 3.43. The maximum atomic E-state index is 11.3. The standard InChI is InChI=1S/C12H16ClN3O7/c1-5(17)20-4-8-10(21-6(2)18)11(22-7(3)19)9(15-16-14)12(13)23-8/h8-12H,4H2,1-3H3/t8-,9+,10-,11+,12+/m1/s1. The molecule has 1 aliphatic rings. The van der Waals surface area contributed by atoms with E-state index in [4.69, 9.17) is 36.1 Å². The average Bonchev–Trinajstić information content (AvgIpc) is 2.42. The first-order valence-corrected chi connectivity index (χ1v) is 7.01. The van der Waals surface area contributed by atoms with Gasteiger partial charge < -0.3 is 18.9 Å². The van der Waals surface area contributed by atoms with Crippen LogP contribution in [0.2, 0.25) is 0 Å². The summed E-state index contributed by atoms with van der Waals surface area (Å²) >= 11 is 5.99. The maximum absolute atomic E-state index is 11.3. The van der Waals surface area contributed by atoms with Crippen LogP contribution in [0, 0.1) is 0 Å². The molecule has 0 radical (unpaired) electrons. The Bertz CT molecular complexity index is 523. The van der Waals surface area contributed by atoms with Gasteiger partial charge in [-0.3, -0.25) is 14.4 Å². The van der Waals surface area contributed by atoms with Crippen LogP contribution in [-0.4, -0.2) is 54.4 Å². The van der Waals surface area contributed by atoms with Crippen LogP contribution < -0.4 is 0 Å². The number of rotatable bonds is 5. The van der Waals surface area contributed by atoms with Crippen molar-refractivity contribution in [2.24, 2.45) is 5.11 Å². The van der Waals surface area contributed by atoms with E-state index in [-0.39, 0.29) is 6.61 Å². The highest BCUT2D eigenvalue weighted by molar-refractivity contribution is 6.20. The molecule has 11 heteroatoms. The molecule has 10 nitrogen and oxygen atoms in total. The monoisotopic (exact) mass is 349 g/mol. The molecule has 1 saturated heterocycles. The summed E-state index contributed by atoms with van der Waals surface area (Å²) in [7, 11) is 0. The Labute approximate surface area is 136 Å². The van der Waals surface area contributed by atoms with Gasteiger partial charge in [0.1, 0.15) is 24.3 Å². The molecule has 0 saturated carbocycles. The third-order valence-corrected chi connectivity index (χ3v) is 3.20. The largest absolute Gasteiger partial charge is 0.463 e. The number of nitrogens with zero attached hydrogens (tertiary/aromatic N) is 3. The van der Waals surface area contributed by atoms with Gasteiger partial charge in [-0.25, -0.2) is 0 Å². The fourth-order valence-electron chi connectivity index (χ4n) is 2.05. The molecule has 0 aliphatic carbocycles. The molecule has 0 N–H and O–H groups in total. The highest BCUT2D eigenvalue weighted by Gasteiger charge is 2.49. The van der Waals surface area contributed by atoms with E-state index in [0.717, 1.165) is 13.8 Å². The van der Waals surface area contributed by atoms with Crippen molar-refractivity contribution in [3.8, 4) is 0 Å². The Balaban J connectivity index is 3.11. The van der Waals surface area contributed by atoms with E-state index in [0.29, 0.717) is 0 Å². The topological polar surface area (TPSA) is 137 Å². The summed E-state index contributed by atoms with van der Waals surface area (Å²) < 4.78 is 20.4. The van der Waals surface area contributed by atoms with Gasteiger partial charge in [0.25, 0.3) is 0 Å². The molecule has 0 aromatic carbocycles. The minimum atomic E-state index is -1.18. The number of alkyl halides is 1. The Kier molecular flexibility index (Phi) is 7.08. The van der Waals surface area contributed by atoms with E-state index >= 15 is 0 Å². The third kappa shape index (κ3) is 5.59. The number of hydrogen-bond acceptors (Lipinski definition) is 8. The molecular formula is C12H16ClN3O7. The summed E-state index contributed by atoms with van der Waals surface area (Å²) in [6.07, 6.45) is -3.31. The quantitative estimate of drug-likeness (QED) is 0.180. The van der Waals surface area contributed by atoms with Gasteiger partial charge in [-0.2, -0.15) is 0 Å². The van der Waals surface area contributed by atoms with Crippen molar-refractivity contribution >= 4 is 29.5 Å². The molecule has 0 aromatic heterocycles. The van der Waals surface area contributed by atoms with Crippen LogP contribution in [0.3, 0.4) is 0 Å². The maximum Gasteiger partial charge on any atom is 0.303 e. The first-order valence-electron chi connectivity index (χ1n) is 6.57. The Morgan fingerprint density at radius 1 is 1.13 bits per heavy atom. The van der Waals surface area contributed by atoms with E-state index in [1.54, 1.807) is 0 Å². The predicted molar refractivity (Wildman–Crippen MR) is 75.2 cm³/mol. The first-order chi connectivity index (χ1) is 10.8. The predicted octanol–water partition coefficient (Wildman–Crippen LogP) is 1.06. The molecule has 0 unspecified atom stereocenters. The number of hydrogen-bond donors (Lipinski definition) is 0. The zero-order valence-electron chi connectivity index (χ0n) is 12.7. The normalized spacial score (nSPS) is 29.8. The SMILES string of the molecule is CC(=O)OC[C@H]1O[C@H](Cl)[C@@H](N=[N+]=[N-])[C@H](OC(C)=O)[C@@H]1OC(C)=O. The molecule has 1 aliphatic heterocycles. The fraction of sp³-hybridized carbons (Fsp3) is 0.750. The van der Waals surface area contributed by atoms with Crippen LogP contribution in [-0.2, 0) is 33.3 Å². The van der Waals surface area contributed by atoms with E-state index in [1.165, 1.54) is 6.92 Å². The molecule has 1 rings (SSSR count). The smallest absolute Gasteiger partial charge is 0.303 e. The van der Waals surface area contributed by atoms with Crippen molar-refractivity contribution in [2.45, 2.75) is 50.7 Å². The van der Waals surface area contributed by atoms with Crippen molar-refractivity contribution in [2.75, 3.05) is 6.61 Å². The lowest BCUT2D eigenvalue weighted by atomic mass is 9.98. The van der Waals surface area contributed by atoms with Gasteiger partial charge in [0.2, 0.25) is 0 Å². The average molecular weight is 350 g/mol. The Morgan fingerprint density at radius 3 is 2.17 bits per heavy atom. The Morgan fingerprint density at radius 2 is 1.70 bits per heavy atom. The van der Waals surface area contributed by atoms with Crippen LogP contribution in [0.5, 0.6) is 0 Å². The van der Waals surface area contributed by atoms with Gasteiger partial charge in [0.05, 0.1) is 0 Å². The van der Waals surface area contributed by atoms with Crippen molar-refractivity contribution < 1.29 is 33.3 Å². The lowest BCUT2D eigenvalue weighted by Gasteiger charge is -2.41. The second kappa shape index (κ2) is 8.56. The number of halogens is 1. The van der Waals surface area contributed by atoms with Gasteiger partial charge in [-0.05, 0) is 5.53 Å². The fourth-order valence-corrected chi connectivity index (χ4v) is 2.38. The van der Waals surface area contributed by atoms with E-state index in [2.05, 4.69) is 10.0 Å². The van der Waals surface area contributed by atoms with Gasteiger partial charge in [0.15, 0.2) is 12.2 Å². The van der Waals surface area contributed by atoms with Crippen molar-refractivity contribution in [3.63, 3.8) is 0 Å². The Hall–Kier alpha value is -2.03. The number of esters is 3. The molecule has 5 atom stereocenters. The molecule has 128 valence electrons.